The second kappa shape index (κ2) is 9.54. The van der Waals surface area contributed by atoms with Crippen molar-refractivity contribution in [1.82, 2.24) is 15.5 Å². The molecule has 7 heteroatoms. The molecule has 4 atom stereocenters. The second-order valence-electron chi connectivity index (χ2n) is 8.53. The van der Waals surface area contributed by atoms with Crippen LogP contribution in [0.5, 0.6) is 5.75 Å². The Morgan fingerprint density at radius 1 is 1.10 bits per heavy atom. The minimum atomic E-state index is -0.127. The van der Waals surface area contributed by atoms with Crippen molar-refractivity contribution in [3.05, 3.63) is 42.0 Å². The van der Waals surface area contributed by atoms with E-state index in [0.29, 0.717) is 32.2 Å². The maximum absolute atomic E-state index is 12.8. The van der Waals surface area contributed by atoms with E-state index in [0.717, 1.165) is 25.1 Å². The van der Waals surface area contributed by atoms with Gasteiger partial charge in [-0.05, 0) is 44.2 Å². The molecule has 1 heterocycles. The van der Waals surface area contributed by atoms with Gasteiger partial charge >= 0.3 is 0 Å². The summed E-state index contributed by atoms with van der Waals surface area (Å²) in [7, 11) is 0. The maximum atomic E-state index is 12.8. The number of guanidine groups is 1. The molecule has 2 N–H and O–H groups in total. The third-order valence-electron chi connectivity index (χ3n) is 6.40. The van der Waals surface area contributed by atoms with Crippen LogP contribution >= 0.6 is 0 Å². The molecule has 7 nitrogen and oxygen atoms in total. The summed E-state index contributed by atoms with van der Waals surface area (Å²) in [4.78, 5) is 31.5. The van der Waals surface area contributed by atoms with Gasteiger partial charge in [-0.3, -0.25) is 19.5 Å². The Kier molecular flexibility index (Phi) is 6.59. The van der Waals surface area contributed by atoms with Gasteiger partial charge in [0.25, 0.3) is 0 Å². The smallest absolute Gasteiger partial charge is 0.233 e. The fraction of sp³-hybridized carbons (Fsp3) is 0.542. The molecular weight excluding hydrogens is 392 g/mol. The predicted octanol–water partition coefficient (Wildman–Crippen LogP) is 2.13. The first kappa shape index (κ1) is 21.4. The van der Waals surface area contributed by atoms with Crippen LogP contribution in [0.1, 0.15) is 25.3 Å². The van der Waals surface area contributed by atoms with Crippen molar-refractivity contribution in [2.24, 2.45) is 28.7 Å². The predicted molar refractivity (Wildman–Crippen MR) is 120 cm³/mol. The number of amides is 2. The average Bonchev–Trinajstić information content (AvgIpc) is 3.44. The summed E-state index contributed by atoms with van der Waals surface area (Å²) in [5.74, 6) is 1.83. The fourth-order valence-corrected chi connectivity index (χ4v) is 4.89. The molecule has 31 heavy (non-hydrogen) atoms. The van der Waals surface area contributed by atoms with E-state index in [-0.39, 0.29) is 35.5 Å². The number of carbonyl (C=O) groups excluding carboxylic acids is 2. The highest BCUT2D eigenvalue weighted by atomic mass is 16.5. The SMILES string of the molecule is CCNC(=NCCCOc1ccc(C)cc1)NCCN1C(=O)C2C3C=CC(C3)C2C1=O. The van der Waals surface area contributed by atoms with E-state index in [2.05, 4.69) is 34.7 Å². The van der Waals surface area contributed by atoms with Crippen molar-refractivity contribution in [1.29, 1.82) is 0 Å². The lowest BCUT2D eigenvalue weighted by Gasteiger charge is -2.18. The third-order valence-corrected chi connectivity index (χ3v) is 6.40. The number of hydrogen-bond donors (Lipinski definition) is 2. The lowest BCUT2D eigenvalue weighted by atomic mass is 9.85. The van der Waals surface area contributed by atoms with Crippen molar-refractivity contribution >= 4 is 17.8 Å². The Bertz CT molecular complexity index is 834. The summed E-state index contributed by atoms with van der Waals surface area (Å²) in [6.45, 7) is 6.90. The van der Waals surface area contributed by atoms with Gasteiger partial charge < -0.3 is 15.4 Å². The molecule has 1 aromatic carbocycles. The number of nitrogens with zero attached hydrogens (tertiary/aromatic N) is 2. The first-order chi connectivity index (χ1) is 15.1. The van der Waals surface area contributed by atoms with Crippen LogP contribution < -0.4 is 15.4 Å². The normalized spacial score (nSPS) is 26.5. The first-order valence-electron chi connectivity index (χ1n) is 11.3. The number of aryl methyl sites for hydroxylation is 1. The summed E-state index contributed by atoms with van der Waals surface area (Å²) in [6.07, 6.45) is 6.00. The number of hydrogen-bond acceptors (Lipinski definition) is 4. The molecule has 2 fully saturated rings. The van der Waals surface area contributed by atoms with Gasteiger partial charge in [-0.15, -0.1) is 0 Å². The van der Waals surface area contributed by atoms with E-state index in [1.165, 1.54) is 10.5 Å². The summed E-state index contributed by atoms with van der Waals surface area (Å²) in [6, 6.07) is 8.01. The number of imide groups is 1. The van der Waals surface area contributed by atoms with E-state index in [4.69, 9.17) is 4.74 Å². The van der Waals surface area contributed by atoms with Crippen LogP contribution in [0.4, 0.5) is 0 Å². The van der Waals surface area contributed by atoms with E-state index < -0.39 is 0 Å². The number of rotatable bonds is 9. The topological polar surface area (TPSA) is 83.0 Å². The Labute approximate surface area is 183 Å². The number of aliphatic imine (C=N–C) groups is 1. The number of carbonyl (C=O) groups is 2. The molecule has 166 valence electrons. The van der Waals surface area contributed by atoms with Crippen molar-refractivity contribution in [3.63, 3.8) is 0 Å². The van der Waals surface area contributed by atoms with E-state index >= 15 is 0 Å². The van der Waals surface area contributed by atoms with Gasteiger partial charge in [-0.25, -0.2) is 0 Å². The maximum Gasteiger partial charge on any atom is 0.233 e. The summed E-state index contributed by atoms with van der Waals surface area (Å²) < 4.78 is 5.74. The number of allylic oxidation sites excluding steroid dienone is 2. The van der Waals surface area contributed by atoms with Crippen LogP contribution in [0.15, 0.2) is 41.4 Å². The molecule has 1 saturated carbocycles. The zero-order chi connectivity index (χ0) is 21.8. The van der Waals surface area contributed by atoms with E-state index in [1.54, 1.807) is 0 Å². The van der Waals surface area contributed by atoms with E-state index in [9.17, 15) is 9.59 Å². The quantitative estimate of drug-likeness (QED) is 0.209. The van der Waals surface area contributed by atoms with Crippen LogP contribution in [0.25, 0.3) is 0 Å². The van der Waals surface area contributed by atoms with Gasteiger partial charge in [0.05, 0.1) is 18.4 Å². The molecule has 2 bridgehead atoms. The van der Waals surface area contributed by atoms with Gasteiger partial charge in [-0.2, -0.15) is 0 Å². The van der Waals surface area contributed by atoms with Crippen LogP contribution in [-0.2, 0) is 9.59 Å². The molecule has 3 aliphatic rings. The zero-order valence-electron chi connectivity index (χ0n) is 18.3. The van der Waals surface area contributed by atoms with Gasteiger partial charge in [0.15, 0.2) is 5.96 Å². The number of benzene rings is 1. The van der Waals surface area contributed by atoms with Crippen LogP contribution in [0.2, 0.25) is 0 Å². The summed E-state index contributed by atoms with van der Waals surface area (Å²) in [5.41, 5.74) is 1.21. The zero-order valence-corrected chi connectivity index (χ0v) is 18.3. The lowest BCUT2D eigenvalue weighted by Crippen LogP contribution is -2.43. The lowest BCUT2D eigenvalue weighted by molar-refractivity contribution is -0.140. The number of likely N-dealkylation sites (tertiary alicyclic amines) is 1. The van der Waals surface area contributed by atoms with E-state index in [1.807, 2.05) is 31.2 Å². The van der Waals surface area contributed by atoms with Crippen LogP contribution in [0, 0.1) is 30.6 Å². The highest BCUT2D eigenvalue weighted by molar-refractivity contribution is 6.06. The molecule has 4 rings (SSSR count). The molecule has 1 aromatic rings. The molecule has 4 unspecified atom stereocenters. The van der Waals surface area contributed by atoms with Crippen molar-refractivity contribution in [2.45, 2.75) is 26.7 Å². The number of nitrogens with one attached hydrogen (secondary N) is 2. The summed E-state index contributed by atoms with van der Waals surface area (Å²) in [5, 5.41) is 6.45. The fourth-order valence-electron chi connectivity index (χ4n) is 4.89. The van der Waals surface area contributed by atoms with Crippen molar-refractivity contribution < 1.29 is 14.3 Å². The van der Waals surface area contributed by atoms with Gasteiger partial charge in [-0.1, -0.05) is 29.8 Å². The first-order valence-corrected chi connectivity index (χ1v) is 11.3. The van der Waals surface area contributed by atoms with Crippen molar-refractivity contribution in [3.8, 4) is 5.75 Å². The van der Waals surface area contributed by atoms with Crippen LogP contribution in [0.3, 0.4) is 0 Å². The summed E-state index contributed by atoms with van der Waals surface area (Å²) >= 11 is 0. The molecular formula is C24H32N4O3. The minimum Gasteiger partial charge on any atom is -0.494 e. The highest BCUT2D eigenvalue weighted by Gasteiger charge is 2.58. The largest absolute Gasteiger partial charge is 0.494 e. The molecule has 2 aliphatic carbocycles. The molecule has 1 saturated heterocycles. The van der Waals surface area contributed by atoms with Gasteiger partial charge in [0.2, 0.25) is 11.8 Å². The standard InChI is InChI=1S/C24H32N4O3/c1-3-25-24(26-11-4-14-31-19-9-5-16(2)6-10-19)27-12-13-28-22(29)20-17-7-8-18(15-17)21(20)23(28)30/h5-10,17-18,20-21H,3-4,11-15H2,1-2H3,(H2,25,26,27). The van der Waals surface area contributed by atoms with Crippen LogP contribution in [-0.4, -0.2) is 55.5 Å². The molecule has 0 aromatic heterocycles. The Hall–Kier alpha value is -2.83. The highest BCUT2D eigenvalue weighted by Crippen LogP contribution is 2.52. The second-order valence-corrected chi connectivity index (χ2v) is 8.53. The molecule has 0 spiro atoms. The van der Waals surface area contributed by atoms with Gasteiger partial charge in [0.1, 0.15) is 5.75 Å². The molecule has 1 aliphatic heterocycles. The monoisotopic (exact) mass is 424 g/mol. The molecule has 2 amide bonds. The van der Waals surface area contributed by atoms with Crippen molar-refractivity contribution in [2.75, 3.05) is 32.8 Å². The number of ether oxygens (including phenoxy) is 1. The average molecular weight is 425 g/mol. The Morgan fingerprint density at radius 3 is 2.42 bits per heavy atom. The minimum absolute atomic E-state index is 0.00356. The van der Waals surface area contributed by atoms with Gasteiger partial charge in [0, 0.05) is 32.6 Å². The third kappa shape index (κ3) is 4.60. The number of fused-ring (bicyclic) bond motifs is 5. The Morgan fingerprint density at radius 2 is 1.77 bits per heavy atom. The Balaban J connectivity index is 1.20. The molecule has 0 radical (unpaired) electrons.